The summed E-state index contributed by atoms with van der Waals surface area (Å²) in [7, 11) is 0. The monoisotopic (exact) mass is 331 g/mol. The van der Waals surface area contributed by atoms with E-state index in [4.69, 9.17) is 0 Å². The Bertz CT molecular complexity index is 341. The molecular formula is C19H35F2NO. The standard InChI is InChI=1S/C19H35F2NO/c1-4-6-8-10-12-18(3,13-11-9-7-5-2)17(23)22-19(14-15-19)16(20)21/h16H,4-15H2,1-3H3,(H,22,23). The average molecular weight is 331 g/mol. The van der Waals surface area contributed by atoms with Crippen molar-refractivity contribution in [2.45, 2.75) is 110 Å². The summed E-state index contributed by atoms with van der Waals surface area (Å²) in [6.45, 7) is 6.30. The number of rotatable bonds is 13. The zero-order valence-electron chi connectivity index (χ0n) is 15.2. The lowest BCUT2D eigenvalue weighted by molar-refractivity contribution is -0.133. The second kappa shape index (κ2) is 9.58. The molecule has 1 saturated carbocycles. The van der Waals surface area contributed by atoms with Crippen LogP contribution in [0.2, 0.25) is 0 Å². The van der Waals surface area contributed by atoms with Crippen molar-refractivity contribution in [1.29, 1.82) is 0 Å². The number of hydrogen-bond donors (Lipinski definition) is 1. The molecule has 0 saturated heterocycles. The molecule has 4 heteroatoms. The molecule has 1 N–H and O–H groups in total. The highest BCUT2D eigenvalue weighted by atomic mass is 19.3. The number of amides is 1. The van der Waals surface area contributed by atoms with Crippen LogP contribution in [-0.2, 0) is 4.79 Å². The average Bonchev–Trinajstić information content (AvgIpc) is 3.29. The number of carbonyl (C=O) groups excluding carboxylic acids is 1. The SMILES string of the molecule is CCCCCCC(C)(CCCCCC)C(=O)NC1(C(F)F)CC1. The van der Waals surface area contributed by atoms with Gasteiger partial charge in [-0.05, 0) is 25.7 Å². The van der Waals surface area contributed by atoms with Crippen LogP contribution in [-0.4, -0.2) is 17.9 Å². The third-order valence-corrected chi connectivity index (χ3v) is 5.28. The molecule has 0 radical (unpaired) electrons. The van der Waals surface area contributed by atoms with Gasteiger partial charge >= 0.3 is 0 Å². The fraction of sp³-hybridized carbons (Fsp3) is 0.947. The Morgan fingerprint density at radius 3 is 1.83 bits per heavy atom. The Balaban J connectivity index is 2.58. The van der Waals surface area contributed by atoms with Gasteiger partial charge < -0.3 is 5.32 Å². The molecule has 0 atom stereocenters. The van der Waals surface area contributed by atoms with Gasteiger partial charge in [-0.25, -0.2) is 8.78 Å². The smallest absolute Gasteiger partial charge is 0.261 e. The minimum Gasteiger partial charge on any atom is -0.344 e. The van der Waals surface area contributed by atoms with E-state index in [2.05, 4.69) is 19.2 Å². The van der Waals surface area contributed by atoms with Gasteiger partial charge in [0.1, 0.15) is 5.54 Å². The molecule has 0 aliphatic heterocycles. The molecule has 0 heterocycles. The van der Waals surface area contributed by atoms with E-state index in [1.54, 1.807) is 0 Å². The highest BCUT2D eigenvalue weighted by molar-refractivity contribution is 5.83. The fourth-order valence-corrected chi connectivity index (χ4v) is 3.15. The van der Waals surface area contributed by atoms with Crippen molar-refractivity contribution in [2.75, 3.05) is 0 Å². The van der Waals surface area contributed by atoms with E-state index in [1.807, 2.05) is 6.92 Å². The highest BCUT2D eigenvalue weighted by Gasteiger charge is 2.53. The molecule has 0 aromatic rings. The maximum absolute atomic E-state index is 13.1. The van der Waals surface area contributed by atoms with Crippen LogP contribution in [0.5, 0.6) is 0 Å². The van der Waals surface area contributed by atoms with E-state index >= 15 is 0 Å². The molecule has 0 aromatic heterocycles. The van der Waals surface area contributed by atoms with Gasteiger partial charge in [-0.15, -0.1) is 0 Å². The lowest BCUT2D eigenvalue weighted by atomic mass is 9.78. The van der Waals surface area contributed by atoms with Crippen LogP contribution in [0.4, 0.5) is 8.78 Å². The molecule has 0 aromatic carbocycles. The summed E-state index contributed by atoms with van der Waals surface area (Å²) in [5.74, 6) is -0.150. The van der Waals surface area contributed by atoms with Gasteiger partial charge in [0.05, 0.1) is 0 Å². The summed E-state index contributed by atoms with van der Waals surface area (Å²) in [5.41, 5.74) is -1.71. The van der Waals surface area contributed by atoms with Gasteiger partial charge in [-0.2, -0.15) is 0 Å². The summed E-state index contributed by atoms with van der Waals surface area (Å²) < 4.78 is 26.2. The highest BCUT2D eigenvalue weighted by Crippen LogP contribution is 2.43. The number of hydrogen-bond acceptors (Lipinski definition) is 1. The number of halogens is 2. The maximum Gasteiger partial charge on any atom is 0.261 e. The summed E-state index contributed by atoms with van der Waals surface area (Å²) in [5, 5.41) is 2.70. The molecule has 0 spiro atoms. The third-order valence-electron chi connectivity index (χ3n) is 5.28. The molecule has 0 unspecified atom stereocenters. The number of alkyl halides is 2. The lowest BCUT2D eigenvalue weighted by Crippen LogP contribution is -2.49. The summed E-state index contributed by atoms with van der Waals surface area (Å²) in [6.07, 6.45) is 8.93. The predicted octanol–water partition coefficient (Wildman–Crippen LogP) is 5.85. The maximum atomic E-state index is 13.1. The molecule has 1 aliphatic carbocycles. The third kappa shape index (κ3) is 6.39. The number of nitrogens with one attached hydrogen (secondary N) is 1. The van der Waals surface area contributed by atoms with Gasteiger partial charge in [0.2, 0.25) is 5.91 Å². The zero-order valence-corrected chi connectivity index (χ0v) is 15.2. The Labute approximate surface area is 140 Å². The Morgan fingerprint density at radius 1 is 1.00 bits per heavy atom. The van der Waals surface area contributed by atoms with Crippen molar-refractivity contribution in [1.82, 2.24) is 5.32 Å². The first kappa shape index (κ1) is 20.4. The van der Waals surface area contributed by atoms with Crippen LogP contribution in [0.15, 0.2) is 0 Å². The van der Waals surface area contributed by atoms with Crippen LogP contribution in [0.1, 0.15) is 97.8 Å². The minimum absolute atomic E-state index is 0.150. The zero-order chi connectivity index (χ0) is 17.3. The molecule has 1 rings (SSSR count). The van der Waals surface area contributed by atoms with E-state index in [-0.39, 0.29) is 5.91 Å². The first-order valence-corrected chi connectivity index (χ1v) is 9.51. The van der Waals surface area contributed by atoms with Crippen LogP contribution < -0.4 is 5.32 Å². The topological polar surface area (TPSA) is 29.1 Å². The van der Waals surface area contributed by atoms with Crippen molar-refractivity contribution in [3.05, 3.63) is 0 Å². The van der Waals surface area contributed by atoms with Gasteiger partial charge in [-0.3, -0.25) is 4.79 Å². The van der Waals surface area contributed by atoms with Crippen molar-refractivity contribution in [3.63, 3.8) is 0 Å². The summed E-state index contributed by atoms with van der Waals surface area (Å²) in [6, 6.07) is 0. The van der Waals surface area contributed by atoms with Crippen LogP contribution in [0.3, 0.4) is 0 Å². The second-order valence-corrected chi connectivity index (χ2v) is 7.59. The second-order valence-electron chi connectivity index (χ2n) is 7.59. The Kier molecular flexibility index (Phi) is 8.49. The van der Waals surface area contributed by atoms with E-state index in [1.165, 1.54) is 12.8 Å². The quantitative estimate of drug-likeness (QED) is 0.422. The molecule has 136 valence electrons. The number of unbranched alkanes of at least 4 members (excludes halogenated alkanes) is 6. The van der Waals surface area contributed by atoms with Crippen molar-refractivity contribution < 1.29 is 13.6 Å². The lowest BCUT2D eigenvalue weighted by Gasteiger charge is -2.31. The fourth-order valence-electron chi connectivity index (χ4n) is 3.15. The summed E-state index contributed by atoms with van der Waals surface area (Å²) >= 11 is 0. The van der Waals surface area contributed by atoms with Crippen LogP contribution in [0.25, 0.3) is 0 Å². The van der Waals surface area contributed by atoms with E-state index in [0.29, 0.717) is 12.8 Å². The first-order chi connectivity index (χ1) is 10.9. The van der Waals surface area contributed by atoms with Crippen LogP contribution >= 0.6 is 0 Å². The van der Waals surface area contributed by atoms with Gasteiger partial charge in [0.15, 0.2) is 0 Å². The Hall–Kier alpha value is -0.670. The van der Waals surface area contributed by atoms with Crippen molar-refractivity contribution in [2.24, 2.45) is 5.41 Å². The van der Waals surface area contributed by atoms with Crippen LogP contribution in [0, 0.1) is 5.41 Å². The first-order valence-electron chi connectivity index (χ1n) is 9.51. The molecule has 1 aliphatic rings. The van der Waals surface area contributed by atoms with E-state index < -0.39 is 17.4 Å². The van der Waals surface area contributed by atoms with Gasteiger partial charge in [-0.1, -0.05) is 72.1 Å². The molecule has 2 nitrogen and oxygen atoms in total. The van der Waals surface area contributed by atoms with E-state index in [9.17, 15) is 13.6 Å². The normalized spacial score (nSPS) is 16.6. The summed E-state index contributed by atoms with van der Waals surface area (Å²) in [4.78, 5) is 12.7. The number of carbonyl (C=O) groups is 1. The minimum atomic E-state index is -2.45. The Morgan fingerprint density at radius 2 is 1.48 bits per heavy atom. The van der Waals surface area contributed by atoms with Crippen molar-refractivity contribution >= 4 is 5.91 Å². The molecular weight excluding hydrogens is 296 g/mol. The predicted molar refractivity (Wildman–Crippen MR) is 91.7 cm³/mol. The largest absolute Gasteiger partial charge is 0.344 e. The van der Waals surface area contributed by atoms with Gasteiger partial charge in [0.25, 0.3) is 6.43 Å². The molecule has 1 amide bonds. The molecule has 23 heavy (non-hydrogen) atoms. The molecule has 1 fully saturated rings. The van der Waals surface area contributed by atoms with Gasteiger partial charge in [0, 0.05) is 5.41 Å². The van der Waals surface area contributed by atoms with E-state index in [0.717, 1.165) is 51.4 Å². The molecule has 0 bridgehead atoms. The van der Waals surface area contributed by atoms with Crippen molar-refractivity contribution in [3.8, 4) is 0 Å².